The Morgan fingerprint density at radius 1 is 1.04 bits per heavy atom. The Labute approximate surface area is 150 Å². The average molecular weight is 341 g/mol. The number of hydrogen-bond acceptors (Lipinski definition) is 4. The van der Waals surface area contributed by atoms with Crippen LogP contribution in [0.5, 0.6) is 5.88 Å². The Bertz CT molecular complexity index is 625. The van der Waals surface area contributed by atoms with E-state index in [2.05, 4.69) is 11.9 Å². The van der Waals surface area contributed by atoms with Crippen LogP contribution in [-0.4, -0.2) is 17.6 Å². The van der Waals surface area contributed by atoms with Gasteiger partial charge in [0, 0.05) is 12.3 Å². The van der Waals surface area contributed by atoms with Gasteiger partial charge in [0.1, 0.15) is 6.10 Å². The third kappa shape index (κ3) is 6.22. The van der Waals surface area contributed by atoms with E-state index >= 15 is 0 Å². The van der Waals surface area contributed by atoms with E-state index in [9.17, 15) is 4.79 Å². The highest BCUT2D eigenvalue weighted by Crippen LogP contribution is 2.22. The van der Waals surface area contributed by atoms with Crippen molar-refractivity contribution >= 4 is 5.97 Å². The lowest BCUT2D eigenvalue weighted by molar-refractivity contribution is 0.0287. The molecule has 0 spiro atoms. The zero-order valence-electron chi connectivity index (χ0n) is 15.1. The summed E-state index contributed by atoms with van der Waals surface area (Å²) in [5, 5.41) is 0. The second-order valence-corrected chi connectivity index (χ2v) is 6.01. The van der Waals surface area contributed by atoms with Gasteiger partial charge in [-0.15, -0.1) is 0 Å². The first-order valence-electron chi connectivity index (χ1n) is 9.09. The van der Waals surface area contributed by atoms with Gasteiger partial charge < -0.3 is 9.47 Å². The van der Waals surface area contributed by atoms with Crippen LogP contribution in [0.4, 0.5) is 0 Å². The van der Waals surface area contributed by atoms with Crippen LogP contribution in [0.1, 0.15) is 68.0 Å². The van der Waals surface area contributed by atoms with E-state index in [1.54, 1.807) is 12.1 Å². The van der Waals surface area contributed by atoms with Crippen molar-refractivity contribution in [3.63, 3.8) is 0 Å². The van der Waals surface area contributed by atoms with Gasteiger partial charge in [-0.3, -0.25) is 0 Å². The molecule has 2 rings (SSSR count). The quantitative estimate of drug-likeness (QED) is 0.432. The Hall–Kier alpha value is -2.36. The van der Waals surface area contributed by atoms with Gasteiger partial charge in [-0.1, -0.05) is 63.4 Å². The molecule has 1 unspecified atom stereocenters. The van der Waals surface area contributed by atoms with E-state index < -0.39 is 0 Å². The van der Waals surface area contributed by atoms with Crippen molar-refractivity contribution < 1.29 is 14.3 Å². The number of esters is 1. The molecule has 2 aromatic rings. The van der Waals surface area contributed by atoms with Crippen molar-refractivity contribution in [3.8, 4) is 5.88 Å². The van der Waals surface area contributed by atoms with E-state index in [1.165, 1.54) is 25.5 Å². The van der Waals surface area contributed by atoms with Gasteiger partial charge in [-0.05, 0) is 24.5 Å². The molecular weight excluding hydrogens is 314 g/mol. The maximum absolute atomic E-state index is 12.3. The Morgan fingerprint density at radius 3 is 2.48 bits per heavy atom. The van der Waals surface area contributed by atoms with Crippen molar-refractivity contribution in [3.05, 3.63) is 59.8 Å². The number of ether oxygens (including phenoxy) is 2. The van der Waals surface area contributed by atoms with Crippen LogP contribution < -0.4 is 4.74 Å². The smallest absolute Gasteiger partial charge is 0.340 e. The first-order chi connectivity index (χ1) is 12.2. The highest BCUT2D eigenvalue weighted by molar-refractivity contribution is 5.89. The van der Waals surface area contributed by atoms with Gasteiger partial charge >= 0.3 is 5.97 Å². The van der Waals surface area contributed by atoms with Crippen molar-refractivity contribution in [1.29, 1.82) is 0 Å². The predicted octanol–water partition coefficient (Wildman–Crippen LogP) is 5.35. The van der Waals surface area contributed by atoms with Gasteiger partial charge in [-0.2, -0.15) is 0 Å². The minimum Gasteiger partial charge on any atom is -0.478 e. The van der Waals surface area contributed by atoms with E-state index in [0.29, 0.717) is 18.1 Å². The molecule has 0 fully saturated rings. The molecule has 134 valence electrons. The van der Waals surface area contributed by atoms with Crippen molar-refractivity contribution in [2.24, 2.45) is 0 Å². The van der Waals surface area contributed by atoms with Gasteiger partial charge in [0.05, 0.1) is 12.2 Å². The number of carbonyl (C=O) groups is 1. The molecule has 0 aliphatic rings. The lowest BCUT2D eigenvalue weighted by Gasteiger charge is -2.16. The summed E-state index contributed by atoms with van der Waals surface area (Å²) in [6.45, 7) is 4.84. The fraction of sp³-hybridized carbons (Fsp3) is 0.429. The largest absolute Gasteiger partial charge is 0.478 e. The van der Waals surface area contributed by atoms with Gasteiger partial charge in [-0.25, -0.2) is 9.78 Å². The summed E-state index contributed by atoms with van der Waals surface area (Å²) in [5.41, 5.74) is 1.44. The normalized spacial score (nSPS) is 11.8. The highest BCUT2D eigenvalue weighted by atomic mass is 16.5. The molecule has 1 heterocycles. The maximum atomic E-state index is 12.3. The second-order valence-electron chi connectivity index (χ2n) is 6.01. The Morgan fingerprint density at radius 2 is 1.84 bits per heavy atom. The molecule has 0 N–H and O–H groups in total. The molecule has 1 atom stereocenters. The minimum atomic E-state index is -0.363. The molecule has 4 nitrogen and oxygen atoms in total. The molecule has 0 aliphatic carbocycles. The number of carbonyl (C=O) groups excluding carboxylic acids is 1. The standard InChI is InChI=1S/C21H27NO3/c1-3-5-6-10-15-24-20-14-13-18(16-22-20)21(23)25-19(4-2)17-11-8-7-9-12-17/h7-9,11-14,16,19H,3-6,10,15H2,1-2H3. The van der Waals surface area contributed by atoms with Gasteiger partial charge in [0.25, 0.3) is 0 Å². The third-order valence-electron chi connectivity index (χ3n) is 4.01. The van der Waals surface area contributed by atoms with Gasteiger partial charge in [0.15, 0.2) is 0 Å². The zero-order valence-corrected chi connectivity index (χ0v) is 15.1. The first kappa shape index (κ1) is 19.0. The summed E-state index contributed by atoms with van der Waals surface area (Å²) in [7, 11) is 0. The molecule has 1 aromatic heterocycles. The molecule has 0 bridgehead atoms. The third-order valence-corrected chi connectivity index (χ3v) is 4.01. The average Bonchev–Trinajstić information content (AvgIpc) is 2.67. The van der Waals surface area contributed by atoms with Crippen molar-refractivity contribution in [1.82, 2.24) is 4.98 Å². The molecule has 0 amide bonds. The first-order valence-corrected chi connectivity index (χ1v) is 9.09. The summed E-state index contributed by atoms with van der Waals surface area (Å²) in [6, 6.07) is 13.2. The molecular formula is C21H27NO3. The summed E-state index contributed by atoms with van der Waals surface area (Å²) < 4.78 is 11.2. The van der Waals surface area contributed by atoms with Crippen LogP contribution in [0.3, 0.4) is 0 Å². The number of rotatable bonds is 10. The second kappa shape index (κ2) is 10.5. The lowest BCUT2D eigenvalue weighted by atomic mass is 10.1. The van der Waals surface area contributed by atoms with Crippen LogP contribution in [0.2, 0.25) is 0 Å². The van der Waals surface area contributed by atoms with Crippen LogP contribution in [0.15, 0.2) is 48.7 Å². The highest BCUT2D eigenvalue weighted by Gasteiger charge is 2.16. The van der Waals surface area contributed by atoms with E-state index in [0.717, 1.165) is 18.4 Å². The number of nitrogens with zero attached hydrogens (tertiary/aromatic N) is 1. The van der Waals surface area contributed by atoms with Crippen molar-refractivity contribution in [2.45, 2.75) is 52.1 Å². The fourth-order valence-electron chi connectivity index (χ4n) is 2.54. The number of aromatic nitrogens is 1. The summed E-state index contributed by atoms with van der Waals surface area (Å²) >= 11 is 0. The van der Waals surface area contributed by atoms with Crippen LogP contribution in [-0.2, 0) is 4.74 Å². The molecule has 1 aromatic carbocycles. The molecule has 0 aliphatic heterocycles. The van der Waals surface area contributed by atoms with E-state index in [-0.39, 0.29) is 12.1 Å². The van der Waals surface area contributed by atoms with Gasteiger partial charge in [0.2, 0.25) is 5.88 Å². The minimum absolute atomic E-state index is 0.247. The number of pyridine rings is 1. The topological polar surface area (TPSA) is 48.4 Å². The molecule has 0 radical (unpaired) electrons. The fourth-order valence-corrected chi connectivity index (χ4v) is 2.54. The number of unbranched alkanes of at least 4 members (excludes halogenated alkanes) is 3. The zero-order chi connectivity index (χ0) is 17.9. The SMILES string of the molecule is CCCCCCOc1ccc(C(=O)OC(CC)c2ccccc2)cn1. The lowest BCUT2D eigenvalue weighted by Crippen LogP contribution is -2.11. The molecule has 25 heavy (non-hydrogen) atoms. The van der Waals surface area contributed by atoms with Crippen LogP contribution in [0.25, 0.3) is 0 Å². The van der Waals surface area contributed by atoms with Crippen molar-refractivity contribution in [2.75, 3.05) is 6.61 Å². The Balaban J connectivity index is 1.87. The predicted molar refractivity (Wildman–Crippen MR) is 98.8 cm³/mol. The van der Waals surface area contributed by atoms with E-state index in [1.807, 2.05) is 37.3 Å². The Kier molecular flexibility index (Phi) is 7.96. The number of benzene rings is 1. The van der Waals surface area contributed by atoms with E-state index in [4.69, 9.17) is 9.47 Å². The number of hydrogen-bond donors (Lipinski definition) is 0. The van der Waals surface area contributed by atoms with Crippen LogP contribution in [0, 0.1) is 0 Å². The summed E-state index contributed by atoms with van der Waals surface area (Å²) in [6.07, 6.45) is 6.61. The maximum Gasteiger partial charge on any atom is 0.340 e. The molecule has 4 heteroatoms. The summed E-state index contributed by atoms with van der Waals surface area (Å²) in [5.74, 6) is 0.181. The molecule has 0 saturated heterocycles. The summed E-state index contributed by atoms with van der Waals surface area (Å²) in [4.78, 5) is 16.5. The molecule has 0 saturated carbocycles. The van der Waals surface area contributed by atoms with Crippen LogP contribution >= 0.6 is 0 Å². The monoisotopic (exact) mass is 341 g/mol.